The van der Waals surface area contributed by atoms with Gasteiger partial charge in [0.25, 0.3) is 6.43 Å². The molecule has 2 aromatic rings. The Morgan fingerprint density at radius 3 is 2.74 bits per heavy atom. The first kappa shape index (κ1) is 28.3. The normalized spacial score (nSPS) is 17.4. The van der Waals surface area contributed by atoms with Gasteiger partial charge in [-0.15, -0.1) is 5.53 Å². The third-order valence-electron chi connectivity index (χ3n) is 6.55. The molecule has 1 saturated carbocycles. The average Bonchev–Trinajstić information content (AvgIpc) is 3.56. The summed E-state index contributed by atoms with van der Waals surface area (Å²) in [6, 6.07) is 5.25. The standard InChI is InChI=1S/C28H33ClF2N8/c1-6-9-33-13-17(2)23(22-15-39(38-37-22)28(7-8-28)26(30)31)36-19-10-20-24(35-16-27(3,4)5)18(12-32)14-34-25(20)21(29)11-19/h6,9-11,13-15,23,26,36-38H,2,7-8,16H2,1,3-5H3,(H,34,35)/b9-6-,33-13-/t23-/m0/s1. The van der Waals surface area contributed by atoms with Gasteiger partial charge >= 0.3 is 0 Å². The second kappa shape index (κ2) is 11.2. The lowest BCUT2D eigenvalue weighted by Gasteiger charge is -2.25. The molecule has 1 aromatic carbocycles. The third kappa shape index (κ3) is 6.15. The highest BCUT2D eigenvalue weighted by Gasteiger charge is 2.56. The highest BCUT2D eigenvalue weighted by Crippen LogP contribution is 2.47. The van der Waals surface area contributed by atoms with Crippen LogP contribution in [0.25, 0.3) is 10.9 Å². The van der Waals surface area contributed by atoms with Crippen LogP contribution in [0.3, 0.4) is 0 Å². The quantitative estimate of drug-likeness (QED) is 0.262. The van der Waals surface area contributed by atoms with E-state index < -0.39 is 18.0 Å². The minimum absolute atomic E-state index is 0.0340. The average molecular weight is 555 g/mol. The van der Waals surface area contributed by atoms with Crippen molar-refractivity contribution in [1.82, 2.24) is 21.0 Å². The fourth-order valence-corrected chi connectivity index (χ4v) is 4.48. The van der Waals surface area contributed by atoms with E-state index in [1.807, 2.05) is 13.0 Å². The van der Waals surface area contributed by atoms with Crippen molar-refractivity contribution in [3.8, 4) is 6.07 Å². The molecule has 1 aromatic heterocycles. The first-order valence-electron chi connectivity index (χ1n) is 12.7. The monoisotopic (exact) mass is 554 g/mol. The SMILES string of the molecule is C=C(/C=N\C=C/C)[C@H](Nc1cc(Cl)c2ncc(C#N)c(NCC(C)(C)C)c2c1)C1=CN(C2(C(F)F)CC2)NN1. The Balaban J connectivity index is 1.73. The number of hydrazine groups is 2. The minimum Gasteiger partial charge on any atom is -0.383 e. The van der Waals surface area contributed by atoms with Crippen molar-refractivity contribution in [3.63, 3.8) is 0 Å². The zero-order valence-electron chi connectivity index (χ0n) is 22.4. The second-order valence-electron chi connectivity index (χ2n) is 10.9. The third-order valence-corrected chi connectivity index (χ3v) is 6.83. The maximum atomic E-state index is 13.7. The number of aliphatic imine (C=N–C) groups is 1. The molecule has 8 nitrogen and oxygen atoms in total. The van der Waals surface area contributed by atoms with Crippen LogP contribution in [0.1, 0.15) is 46.1 Å². The molecular weight excluding hydrogens is 522 g/mol. The summed E-state index contributed by atoms with van der Waals surface area (Å²) in [5.41, 5.74) is 8.03. The molecule has 2 heterocycles. The van der Waals surface area contributed by atoms with Gasteiger partial charge in [-0.2, -0.15) is 5.26 Å². The fraction of sp³-hybridized carbons (Fsp3) is 0.393. The van der Waals surface area contributed by atoms with Crippen molar-refractivity contribution in [2.24, 2.45) is 10.4 Å². The van der Waals surface area contributed by atoms with Crippen molar-refractivity contribution < 1.29 is 8.78 Å². The van der Waals surface area contributed by atoms with Crippen LogP contribution in [0, 0.1) is 16.7 Å². The number of rotatable bonds is 10. The summed E-state index contributed by atoms with van der Waals surface area (Å²) in [6.45, 7) is 12.9. The van der Waals surface area contributed by atoms with Crippen LogP contribution in [0.5, 0.6) is 0 Å². The summed E-state index contributed by atoms with van der Waals surface area (Å²) in [4.78, 5) is 8.67. The number of hydrogen-bond acceptors (Lipinski definition) is 8. The number of benzene rings is 1. The number of allylic oxidation sites excluding steroid dienone is 1. The number of halogens is 3. The molecule has 1 aliphatic carbocycles. The molecule has 0 radical (unpaired) electrons. The largest absolute Gasteiger partial charge is 0.383 e. The Bertz CT molecular complexity index is 1380. The van der Waals surface area contributed by atoms with E-state index in [9.17, 15) is 14.0 Å². The molecular formula is C28H33ClF2N8. The Morgan fingerprint density at radius 2 is 2.13 bits per heavy atom. The van der Waals surface area contributed by atoms with Crippen molar-refractivity contribution in [2.45, 2.75) is 58.5 Å². The summed E-state index contributed by atoms with van der Waals surface area (Å²) in [6.07, 6.45) is 6.47. The van der Waals surface area contributed by atoms with Gasteiger partial charge in [0.1, 0.15) is 11.6 Å². The second-order valence-corrected chi connectivity index (χ2v) is 11.3. The molecule has 4 N–H and O–H groups in total. The van der Waals surface area contributed by atoms with Crippen LogP contribution in [-0.2, 0) is 0 Å². The molecule has 0 spiro atoms. The fourth-order valence-electron chi connectivity index (χ4n) is 4.22. The van der Waals surface area contributed by atoms with E-state index in [2.05, 4.69) is 65.0 Å². The molecule has 0 saturated heterocycles. The summed E-state index contributed by atoms with van der Waals surface area (Å²) >= 11 is 6.67. The maximum Gasteiger partial charge on any atom is 0.262 e. The summed E-state index contributed by atoms with van der Waals surface area (Å²) in [5.74, 6) is 0. The Hall–Kier alpha value is -3.68. The molecule has 1 fully saturated rings. The zero-order chi connectivity index (χ0) is 28.4. The number of aromatic nitrogens is 1. The summed E-state index contributed by atoms with van der Waals surface area (Å²) < 4.78 is 27.5. The van der Waals surface area contributed by atoms with E-state index in [4.69, 9.17) is 11.6 Å². The number of alkyl halides is 2. The van der Waals surface area contributed by atoms with Gasteiger partial charge in [0.15, 0.2) is 0 Å². The van der Waals surface area contributed by atoms with Crippen LogP contribution in [0.2, 0.25) is 5.02 Å². The number of nitrogens with zero attached hydrogens (tertiary/aromatic N) is 4. The molecule has 1 aliphatic heterocycles. The maximum absolute atomic E-state index is 13.7. The van der Waals surface area contributed by atoms with Crippen LogP contribution >= 0.6 is 11.6 Å². The minimum atomic E-state index is -2.49. The number of anilines is 2. The summed E-state index contributed by atoms with van der Waals surface area (Å²) in [5, 5.41) is 19.1. The highest BCUT2D eigenvalue weighted by molar-refractivity contribution is 6.35. The first-order chi connectivity index (χ1) is 18.5. The van der Waals surface area contributed by atoms with Gasteiger partial charge in [-0.1, -0.05) is 45.0 Å². The highest BCUT2D eigenvalue weighted by atomic mass is 35.5. The van der Waals surface area contributed by atoms with Crippen LogP contribution in [-0.4, -0.2) is 40.8 Å². The van der Waals surface area contributed by atoms with Gasteiger partial charge in [0, 0.05) is 42.4 Å². The first-order valence-corrected chi connectivity index (χ1v) is 13.0. The number of hydrogen-bond donors (Lipinski definition) is 4. The number of fused-ring (bicyclic) bond motifs is 1. The van der Waals surface area contributed by atoms with Crippen LogP contribution in [0.4, 0.5) is 20.2 Å². The Labute approximate surface area is 232 Å². The predicted octanol–water partition coefficient (Wildman–Crippen LogP) is 6.12. The van der Waals surface area contributed by atoms with Crippen LogP contribution in [0.15, 0.2) is 59.6 Å². The molecule has 4 rings (SSSR count). The Morgan fingerprint density at radius 1 is 1.38 bits per heavy atom. The predicted molar refractivity (Wildman–Crippen MR) is 153 cm³/mol. The van der Waals surface area contributed by atoms with Gasteiger partial charge in [-0.05, 0) is 42.9 Å². The molecule has 0 amide bonds. The summed E-state index contributed by atoms with van der Waals surface area (Å²) in [7, 11) is 0. The number of pyridine rings is 1. The Kier molecular flexibility index (Phi) is 8.14. The molecule has 1 atom stereocenters. The van der Waals surface area contributed by atoms with E-state index in [-0.39, 0.29) is 5.41 Å². The van der Waals surface area contributed by atoms with E-state index in [0.717, 1.165) is 0 Å². The van der Waals surface area contributed by atoms with Crippen molar-refractivity contribution >= 4 is 40.1 Å². The number of nitriles is 1. The molecule has 206 valence electrons. The molecule has 39 heavy (non-hydrogen) atoms. The van der Waals surface area contributed by atoms with Gasteiger partial charge in [-0.3, -0.25) is 15.0 Å². The van der Waals surface area contributed by atoms with E-state index in [1.54, 1.807) is 30.8 Å². The van der Waals surface area contributed by atoms with Crippen molar-refractivity contribution in [2.75, 3.05) is 17.2 Å². The van der Waals surface area contributed by atoms with Gasteiger partial charge in [0.2, 0.25) is 0 Å². The van der Waals surface area contributed by atoms with Crippen molar-refractivity contribution in [3.05, 3.63) is 65.2 Å². The molecule has 11 heteroatoms. The van der Waals surface area contributed by atoms with Crippen molar-refractivity contribution in [1.29, 1.82) is 5.26 Å². The smallest absolute Gasteiger partial charge is 0.262 e. The molecule has 0 unspecified atom stereocenters. The van der Waals surface area contributed by atoms with E-state index in [1.165, 1.54) is 11.2 Å². The van der Waals surface area contributed by atoms with Gasteiger partial charge in [0.05, 0.1) is 33.5 Å². The van der Waals surface area contributed by atoms with Crippen LogP contribution < -0.4 is 21.6 Å². The van der Waals surface area contributed by atoms with Gasteiger partial charge < -0.3 is 16.1 Å². The lowest BCUT2D eigenvalue weighted by atomic mass is 9.96. The van der Waals surface area contributed by atoms with E-state index in [0.29, 0.717) is 63.5 Å². The lowest BCUT2D eigenvalue weighted by Crippen LogP contribution is -2.48. The zero-order valence-corrected chi connectivity index (χ0v) is 23.2. The van der Waals surface area contributed by atoms with Gasteiger partial charge in [-0.25, -0.2) is 8.78 Å². The topological polar surface area (TPSA) is 100 Å². The number of nitrogens with one attached hydrogen (secondary N) is 4. The molecule has 0 bridgehead atoms. The lowest BCUT2D eigenvalue weighted by molar-refractivity contribution is 0.00912. The van der Waals surface area contributed by atoms with E-state index >= 15 is 0 Å². The molecule has 2 aliphatic rings.